The van der Waals surface area contributed by atoms with Crippen LogP contribution in [0.3, 0.4) is 0 Å². The summed E-state index contributed by atoms with van der Waals surface area (Å²) in [5.74, 6) is 1.49. The van der Waals surface area contributed by atoms with Crippen LogP contribution in [0.4, 0.5) is 16.2 Å². The largest absolute Gasteiger partial charge is 0.457 e. The van der Waals surface area contributed by atoms with E-state index < -0.39 is 0 Å². The summed E-state index contributed by atoms with van der Waals surface area (Å²) >= 11 is 0. The average molecular weight is 398 g/mol. The number of amides is 2. The number of nitrogens with zero attached hydrogens (tertiary/aromatic N) is 3. The molecule has 6 heteroatoms. The summed E-state index contributed by atoms with van der Waals surface area (Å²) in [4.78, 5) is 16.6. The number of ether oxygens (including phenoxy) is 1. The van der Waals surface area contributed by atoms with Crippen molar-refractivity contribution in [2.24, 2.45) is 0 Å². The molecule has 0 saturated carbocycles. The lowest BCUT2D eigenvalue weighted by Crippen LogP contribution is -2.50. The summed E-state index contributed by atoms with van der Waals surface area (Å²) < 4.78 is 5.78. The number of para-hydroxylation sites is 1. The van der Waals surface area contributed by atoms with Crippen LogP contribution in [0.1, 0.15) is 5.56 Å². The summed E-state index contributed by atoms with van der Waals surface area (Å²) in [6.45, 7) is 2.70. The van der Waals surface area contributed by atoms with Gasteiger partial charge in [-0.2, -0.15) is 5.26 Å². The van der Waals surface area contributed by atoms with Gasteiger partial charge in [0.15, 0.2) is 0 Å². The molecule has 0 bridgehead atoms. The zero-order valence-electron chi connectivity index (χ0n) is 16.5. The number of nitrogens with one attached hydrogen (secondary N) is 1. The molecule has 0 unspecified atom stereocenters. The van der Waals surface area contributed by atoms with E-state index in [1.54, 1.807) is 11.0 Å². The van der Waals surface area contributed by atoms with E-state index in [0.29, 0.717) is 24.4 Å². The van der Waals surface area contributed by atoms with Crippen molar-refractivity contribution in [3.8, 4) is 17.6 Å². The third-order valence-electron chi connectivity index (χ3n) is 4.99. The summed E-state index contributed by atoms with van der Waals surface area (Å²) in [5.41, 5.74) is 2.39. The Morgan fingerprint density at radius 1 is 0.867 bits per heavy atom. The van der Waals surface area contributed by atoms with Crippen molar-refractivity contribution in [1.82, 2.24) is 4.90 Å². The van der Waals surface area contributed by atoms with Gasteiger partial charge in [0.1, 0.15) is 11.5 Å². The van der Waals surface area contributed by atoms with E-state index in [9.17, 15) is 4.79 Å². The Morgan fingerprint density at radius 3 is 2.27 bits per heavy atom. The number of rotatable bonds is 4. The Bertz CT molecular complexity index is 1040. The SMILES string of the molecule is N#Cc1cccc(N2CCN(C(=O)Nc3ccc(Oc4ccccc4)cc3)CC2)c1. The molecule has 1 saturated heterocycles. The summed E-state index contributed by atoms with van der Waals surface area (Å²) in [7, 11) is 0. The van der Waals surface area contributed by atoms with Crippen molar-refractivity contribution in [2.45, 2.75) is 0 Å². The number of anilines is 2. The number of hydrogen-bond acceptors (Lipinski definition) is 4. The highest BCUT2D eigenvalue weighted by molar-refractivity contribution is 5.89. The number of hydrogen-bond donors (Lipinski definition) is 1. The molecule has 0 aliphatic carbocycles. The number of nitriles is 1. The predicted octanol–water partition coefficient (Wildman–Crippen LogP) is 4.70. The predicted molar refractivity (Wildman–Crippen MR) is 117 cm³/mol. The van der Waals surface area contributed by atoms with Gasteiger partial charge in [-0.1, -0.05) is 24.3 Å². The Hall–Kier alpha value is -3.98. The second kappa shape index (κ2) is 9.01. The van der Waals surface area contributed by atoms with Crippen molar-refractivity contribution >= 4 is 17.4 Å². The molecule has 6 nitrogen and oxygen atoms in total. The molecule has 30 heavy (non-hydrogen) atoms. The van der Waals surface area contributed by atoms with Crippen LogP contribution in [0.2, 0.25) is 0 Å². The Kier molecular flexibility index (Phi) is 5.81. The van der Waals surface area contributed by atoms with Crippen LogP contribution < -0.4 is 15.0 Å². The maximum Gasteiger partial charge on any atom is 0.321 e. The molecule has 2 amide bonds. The second-order valence-electron chi connectivity index (χ2n) is 7.01. The monoisotopic (exact) mass is 398 g/mol. The molecule has 3 aromatic carbocycles. The lowest BCUT2D eigenvalue weighted by atomic mass is 10.2. The Balaban J connectivity index is 1.30. The van der Waals surface area contributed by atoms with Gasteiger partial charge in [-0.3, -0.25) is 0 Å². The van der Waals surface area contributed by atoms with Crippen molar-refractivity contribution < 1.29 is 9.53 Å². The van der Waals surface area contributed by atoms with E-state index in [1.165, 1.54) is 0 Å². The maximum atomic E-state index is 12.6. The highest BCUT2D eigenvalue weighted by atomic mass is 16.5. The molecule has 0 atom stereocenters. The number of carbonyl (C=O) groups is 1. The fourth-order valence-corrected chi connectivity index (χ4v) is 3.37. The standard InChI is InChI=1S/C24H22N4O2/c25-18-19-5-4-6-21(17-19)27-13-15-28(16-14-27)24(29)26-20-9-11-23(12-10-20)30-22-7-2-1-3-8-22/h1-12,17H,13-16H2,(H,26,29). The first kappa shape index (κ1) is 19.3. The lowest BCUT2D eigenvalue weighted by molar-refractivity contribution is 0.208. The number of piperazine rings is 1. The first-order valence-electron chi connectivity index (χ1n) is 9.85. The minimum atomic E-state index is -0.114. The van der Waals surface area contributed by atoms with Crippen LogP contribution in [0, 0.1) is 11.3 Å². The van der Waals surface area contributed by atoms with E-state index in [1.807, 2.05) is 72.8 Å². The third kappa shape index (κ3) is 4.70. The van der Waals surface area contributed by atoms with Crippen LogP contribution in [0.15, 0.2) is 78.9 Å². The first-order chi connectivity index (χ1) is 14.7. The summed E-state index contributed by atoms with van der Waals surface area (Å²) in [6.07, 6.45) is 0. The molecule has 1 aliphatic heterocycles. The molecule has 1 heterocycles. The fraction of sp³-hybridized carbons (Fsp3) is 0.167. The molecule has 0 spiro atoms. The van der Waals surface area contributed by atoms with Crippen molar-refractivity contribution in [1.29, 1.82) is 5.26 Å². The van der Waals surface area contributed by atoms with E-state index in [4.69, 9.17) is 10.00 Å². The van der Waals surface area contributed by atoms with Gasteiger partial charge in [-0.05, 0) is 54.6 Å². The zero-order chi connectivity index (χ0) is 20.8. The minimum absolute atomic E-state index is 0.114. The summed E-state index contributed by atoms with van der Waals surface area (Å²) in [5, 5.41) is 12.0. The normalized spacial score (nSPS) is 13.4. The maximum absolute atomic E-state index is 12.6. The van der Waals surface area contributed by atoms with E-state index in [2.05, 4.69) is 16.3 Å². The fourth-order valence-electron chi connectivity index (χ4n) is 3.37. The summed E-state index contributed by atoms with van der Waals surface area (Å²) in [6, 6.07) is 26.5. The first-order valence-corrected chi connectivity index (χ1v) is 9.85. The van der Waals surface area contributed by atoms with Crippen LogP contribution in [0.25, 0.3) is 0 Å². The Labute approximate surface area is 175 Å². The average Bonchev–Trinajstić information content (AvgIpc) is 2.81. The lowest BCUT2D eigenvalue weighted by Gasteiger charge is -2.36. The van der Waals surface area contributed by atoms with Gasteiger partial charge < -0.3 is 19.9 Å². The molecule has 3 aromatic rings. The molecular weight excluding hydrogens is 376 g/mol. The second-order valence-corrected chi connectivity index (χ2v) is 7.01. The van der Waals surface area contributed by atoms with Crippen molar-refractivity contribution in [3.05, 3.63) is 84.4 Å². The van der Waals surface area contributed by atoms with Gasteiger partial charge in [0.25, 0.3) is 0 Å². The van der Waals surface area contributed by atoms with Crippen LogP contribution in [-0.2, 0) is 0 Å². The molecule has 1 aliphatic rings. The van der Waals surface area contributed by atoms with E-state index in [-0.39, 0.29) is 6.03 Å². The van der Waals surface area contributed by atoms with Crippen molar-refractivity contribution in [3.63, 3.8) is 0 Å². The molecular formula is C24H22N4O2. The number of carbonyl (C=O) groups excluding carboxylic acids is 1. The van der Waals surface area contributed by atoms with Crippen LogP contribution >= 0.6 is 0 Å². The Morgan fingerprint density at radius 2 is 1.57 bits per heavy atom. The number of urea groups is 1. The van der Waals surface area contributed by atoms with Gasteiger partial charge in [-0.15, -0.1) is 0 Å². The van der Waals surface area contributed by atoms with Gasteiger partial charge in [0.2, 0.25) is 0 Å². The third-order valence-corrected chi connectivity index (χ3v) is 4.99. The van der Waals surface area contributed by atoms with Gasteiger partial charge in [0, 0.05) is 37.6 Å². The molecule has 0 radical (unpaired) electrons. The topological polar surface area (TPSA) is 68.6 Å². The molecule has 1 N–H and O–H groups in total. The van der Waals surface area contributed by atoms with Gasteiger partial charge >= 0.3 is 6.03 Å². The molecule has 1 fully saturated rings. The van der Waals surface area contributed by atoms with Gasteiger partial charge in [-0.25, -0.2) is 4.79 Å². The number of benzene rings is 3. The van der Waals surface area contributed by atoms with E-state index >= 15 is 0 Å². The molecule has 0 aromatic heterocycles. The smallest absolute Gasteiger partial charge is 0.321 e. The van der Waals surface area contributed by atoms with Gasteiger partial charge in [0.05, 0.1) is 11.6 Å². The van der Waals surface area contributed by atoms with Crippen LogP contribution in [-0.4, -0.2) is 37.1 Å². The highest BCUT2D eigenvalue weighted by Crippen LogP contribution is 2.23. The minimum Gasteiger partial charge on any atom is -0.457 e. The molecule has 150 valence electrons. The van der Waals surface area contributed by atoms with E-state index in [0.717, 1.165) is 30.2 Å². The zero-order valence-corrected chi connectivity index (χ0v) is 16.5. The van der Waals surface area contributed by atoms with Crippen LogP contribution in [0.5, 0.6) is 11.5 Å². The molecule has 4 rings (SSSR count). The quantitative estimate of drug-likeness (QED) is 0.691. The highest BCUT2D eigenvalue weighted by Gasteiger charge is 2.21. The van der Waals surface area contributed by atoms with Crippen molar-refractivity contribution in [2.75, 3.05) is 36.4 Å².